The van der Waals surface area contributed by atoms with Crippen LogP contribution < -0.4 is 9.65 Å². The molecule has 1 aliphatic heterocycles. The fraction of sp³-hybridized carbons (Fsp3) is 0.345. The molecule has 12 heteroatoms. The molecule has 1 aliphatic carbocycles. The van der Waals surface area contributed by atoms with E-state index in [2.05, 4.69) is 33.3 Å². The van der Waals surface area contributed by atoms with Gasteiger partial charge < -0.3 is 23.9 Å². The molecule has 216 valence electrons. The Morgan fingerprint density at radius 2 is 1.49 bits per heavy atom. The molecule has 1 fully saturated rings. The SMILES string of the molecule is Cc1c(CN2CCN(C(=O)OCC3c4ccccc4-c4ccccc43)CC2)c(C)c(B(O)O)c(C)c1OS(=O)(=O)F. The highest BCUT2D eigenvalue weighted by Gasteiger charge is 2.32. The lowest BCUT2D eigenvalue weighted by atomic mass is 9.72. The molecular weight excluding hydrogens is 550 g/mol. The molecule has 0 unspecified atom stereocenters. The van der Waals surface area contributed by atoms with Gasteiger partial charge in [0.15, 0.2) is 5.75 Å². The van der Waals surface area contributed by atoms with Crippen molar-refractivity contribution in [3.05, 3.63) is 81.9 Å². The van der Waals surface area contributed by atoms with Crippen molar-refractivity contribution in [3.8, 4) is 16.9 Å². The van der Waals surface area contributed by atoms with Crippen LogP contribution in [0.25, 0.3) is 11.1 Å². The number of hydrogen-bond donors (Lipinski definition) is 2. The van der Waals surface area contributed by atoms with Gasteiger partial charge in [-0.1, -0.05) is 52.4 Å². The molecule has 1 amide bonds. The Bertz CT molecular complexity index is 1540. The highest BCUT2D eigenvalue weighted by atomic mass is 32.3. The van der Waals surface area contributed by atoms with Crippen LogP contribution in [0.4, 0.5) is 8.68 Å². The summed E-state index contributed by atoms with van der Waals surface area (Å²) in [6.07, 6.45) is -0.385. The van der Waals surface area contributed by atoms with E-state index in [9.17, 15) is 27.1 Å². The van der Waals surface area contributed by atoms with Crippen LogP contribution in [-0.2, 0) is 21.8 Å². The van der Waals surface area contributed by atoms with E-state index in [-0.39, 0.29) is 35.4 Å². The Hall–Kier alpha value is -3.45. The number of hydrogen-bond acceptors (Lipinski definition) is 8. The first kappa shape index (κ1) is 29.1. The number of carbonyl (C=O) groups excluding carboxylic acids is 1. The second-order valence-corrected chi connectivity index (χ2v) is 11.5. The van der Waals surface area contributed by atoms with Crippen molar-refractivity contribution in [1.82, 2.24) is 9.80 Å². The second kappa shape index (κ2) is 11.4. The van der Waals surface area contributed by atoms with Crippen LogP contribution in [0.15, 0.2) is 48.5 Å². The number of carbonyl (C=O) groups is 1. The minimum atomic E-state index is -5.32. The summed E-state index contributed by atoms with van der Waals surface area (Å²) in [5.41, 5.74) is 6.37. The van der Waals surface area contributed by atoms with Crippen molar-refractivity contribution >= 4 is 29.2 Å². The molecule has 1 saturated heterocycles. The quantitative estimate of drug-likeness (QED) is 0.323. The normalized spacial score (nSPS) is 15.4. The summed E-state index contributed by atoms with van der Waals surface area (Å²) < 4.78 is 46.4. The van der Waals surface area contributed by atoms with E-state index in [1.165, 1.54) is 6.92 Å². The largest absolute Gasteiger partial charge is 0.489 e. The highest BCUT2D eigenvalue weighted by molar-refractivity contribution is 7.81. The first-order valence-corrected chi connectivity index (χ1v) is 14.7. The molecule has 0 atom stereocenters. The Labute approximate surface area is 239 Å². The van der Waals surface area contributed by atoms with Crippen LogP contribution in [0.1, 0.15) is 39.3 Å². The topological polar surface area (TPSA) is 117 Å². The number of rotatable bonds is 7. The van der Waals surface area contributed by atoms with Gasteiger partial charge >= 0.3 is 23.7 Å². The van der Waals surface area contributed by atoms with Gasteiger partial charge in [0.05, 0.1) is 0 Å². The van der Waals surface area contributed by atoms with Crippen molar-refractivity contribution < 1.29 is 36.1 Å². The first-order valence-electron chi connectivity index (χ1n) is 13.4. The van der Waals surface area contributed by atoms with Gasteiger partial charge in [-0.2, -0.15) is 8.42 Å². The molecule has 3 aromatic rings. The lowest BCUT2D eigenvalue weighted by Crippen LogP contribution is -2.49. The minimum absolute atomic E-state index is 0.0271. The summed E-state index contributed by atoms with van der Waals surface area (Å²) in [5, 5.41) is 19.9. The van der Waals surface area contributed by atoms with E-state index >= 15 is 0 Å². The Kier molecular flexibility index (Phi) is 8.11. The number of benzene rings is 3. The summed E-state index contributed by atoms with van der Waals surface area (Å²) >= 11 is 0. The summed E-state index contributed by atoms with van der Waals surface area (Å²) in [5.74, 6) is -0.283. The lowest BCUT2D eigenvalue weighted by molar-refractivity contribution is 0.0727. The Balaban J connectivity index is 1.25. The summed E-state index contributed by atoms with van der Waals surface area (Å²) in [6.45, 7) is 7.15. The average molecular weight is 582 g/mol. The molecule has 41 heavy (non-hydrogen) atoms. The summed E-state index contributed by atoms with van der Waals surface area (Å²) in [6, 6.07) is 16.3. The van der Waals surface area contributed by atoms with Crippen molar-refractivity contribution in [3.63, 3.8) is 0 Å². The van der Waals surface area contributed by atoms with E-state index in [1.54, 1.807) is 18.7 Å². The van der Waals surface area contributed by atoms with Crippen molar-refractivity contribution in [2.75, 3.05) is 32.8 Å². The van der Waals surface area contributed by atoms with Gasteiger partial charge in [0.1, 0.15) is 6.61 Å². The van der Waals surface area contributed by atoms with Gasteiger partial charge in [-0.25, -0.2) is 4.79 Å². The van der Waals surface area contributed by atoms with Gasteiger partial charge in [-0.05, 0) is 70.7 Å². The van der Waals surface area contributed by atoms with Crippen LogP contribution in [-0.4, -0.2) is 74.3 Å². The molecule has 1 heterocycles. The molecule has 0 bridgehead atoms. The number of fused-ring (bicyclic) bond motifs is 3. The molecule has 0 spiro atoms. The minimum Gasteiger partial charge on any atom is -0.448 e. The average Bonchev–Trinajstić information content (AvgIpc) is 3.25. The zero-order valence-corrected chi connectivity index (χ0v) is 23.9. The van der Waals surface area contributed by atoms with Crippen LogP contribution in [0.2, 0.25) is 0 Å². The second-order valence-electron chi connectivity index (χ2n) is 10.5. The summed E-state index contributed by atoms with van der Waals surface area (Å²) in [4.78, 5) is 16.7. The molecule has 3 aromatic carbocycles. The first-order chi connectivity index (χ1) is 19.5. The molecule has 2 aliphatic rings. The van der Waals surface area contributed by atoms with E-state index in [0.717, 1.165) is 22.3 Å². The zero-order valence-electron chi connectivity index (χ0n) is 23.1. The van der Waals surface area contributed by atoms with Crippen LogP contribution in [0.3, 0.4) is 0 Å². The number of ether oxygens (including phenoxy) is 1. The molecule has 2 N–H and O–H groups in total. The third-order valence-corrected chi connectivity index (χ3v) is 8.55. The van der Waals surface area contributed by atoms with Gasteiger partial charge in [0.25, 0.3) is 0 Å². The summed E-state index contributed by atoms with van der Waals surface area (Å²) in [7, 11) is -7.22. The molecular formula is C29H32BFN2O7S. The maximum Gasteiger partial charge on any atom is 0.489 e. The third kappa shape index (κ3) is 5.83. The van der Waals surface area contributed by atoms with E-state index in [0.29, 0.717) is 49.4 Å². The zero-order chi connectivity index (χ0) is 29.5. The smallest absolute Gasteiger partial charge is 0.448 e. The Morgan fingerprint density at radius 3 is 2.02 bits per heavy atom. The van der Waals surface area contributed by atoms with Crippen LogP contribution >= 0.6 is 0 Å². The van der Waals surface area contributed by atoms with Gasteiger partial charge in [-0.3, -0.25) is 4.90 Å². The van der Waals surface area contributed by atoms with Gasteiger partial charge in [-0.15, -0.1) is 0 Å². The molecule has 9 nitrogen and oxygen atoms in total. The number of amides is 1. The Morgan fingerprint density at radius 1 is 0.927 bits per heavy atom. The predicted octanol–water partition coefficient (Wildman–Crippen LogP) is 2.95. The standard InChI is InChI=1S/C29H32BFN2O7S/c1-18-25(19(2)28(40-41(31,37)38)20(3)27(18)30(35)36)16-32-12-14-33(15-13-32)29(34)39-17-26-23-10-6-4-8-21(23)22-9-5-7-11-24(22)26/h4-11,26,35-36H,12-17H2,1-3H3. The van der Waals surface area contributed by atoms with Crippen molar-refractivity contribution in [1.29, 1.82) is 0 Å². The molecule has 0 saturated carbocycles. The van der Waals surface area contributed by atoms with Crippen molar-refractivity contribution in [2.45, 2.75) is 33.2 Å². The molecule has 0 radical (unpaired) electrons. The van der Waals surface area contributed by atoms with Crippen LogP contribution in [0, 0.1) is 20.8 Å². The predicted molar refractivity (Wildman–Crippen MR) is 153 cm³/mol. The number of halogens is 1. The fourth-order valence-electron chi connectivity index (χ4n) is 6.11. The van der Waals surface area contributed by atoms with E-state index in [4.69, 9.17) is 4.74 Å². The molecule has 0 aromatic heterocycles. The third-order valence-electron chi connectivity index (χ3n) is 8.18. The molecule has 5 rings (SSSR count). The fourth-order valence-corrected chi connectivity index (χ4v) is 6.56. The van der Waals surface area contributed by atoms with Crippen molar-refractivity contribution in [2.24, 2.45) is 0 Å². The maximum absolute atomic E-state index is 13.5. The van der Waals surface area contributed by atoms with Crippen LogP contribution in [0.5, 0.6) is 5.75 Å². The number of nitrogens with zero attached hydrogens (tertiary/aromatic N) is 2. The van der Waals surface area contributed by atoms with Gasteiger partial charge in [0.2, 0.25) is 0 Å². The van der Waals surface area contributed by atoms with E-state index < -0.39 is 17.6 Å². The van der Waals surface area contributed by atoms with Gasteiger partial charge in [0, 0.05) is 38.6 Å². The maximum atomic E-state index is 13.5. The monoisotopic (exact) mass is 582 g/mol. The highest BCUT2D eigenvalue weighted by Crippen LogP contribution is 2.44. The lowest BCUT2D eigenvalue weighted by Gasteiger charge is -2.35. The number of piperazine rings is 1. The van der Waals surface area contributed by atoms with E-state index in [1.807, 2.05) is 24.3 Å².